The zero-order valence-corrected chi connectivity index (χ0v) is 17.1. The van der Waals surface area contributed by atoms with Crippen LogP contribution in [0.25, 0.3) is 10.9 Å². The summed E-state index contributed by atoms with van der Waals surface area (Å²) in [6, 6.07) is 15.2. The molecule has 152 valence electrons. The molecule has 1 unspecified atom stereocenters. The van der Waals surface area contributed by atoms with Crippen LogP contribution in [0.2, 0.25) is 0 Å². The fraction of sp³-hybridized carbons (Fsp3) is 0.348. The maximum atomic E-state index is 12.6. The van der Waals surface area contributed by atoms with Gasteiger partial charge in [-0.05, 0) is 43.5 Å². The van der Waals surface area contributed by atoms with Crippen molar-refractivity contribution < 1.29 is 9.53 Å². The number of nitrogens with one attached hydrogen (secondary N) is 1. The van der Waals surface area contributed by atoms with Gasteiger partial charge in [-0.15, -0.1) is 0 Å². The van der Waals surface area contributed by atoms with Gasteiger partial charge in [0.05, 0.1) is 18.0 Å². The van der Waals surface area contributed by atoms with Crippen LogP contribution in [0, 0.1) is 0 Å². The van der Waals surface area contributed by atoms with E-state index in [9.17, 15) is 9.59 Å². The number of aromatic amines is 1. The molecule has 0 saturated carbocycles. The summed E-state index contributed by atoms with van der Waals surface area (Å²) in [7, 11) is 3.49. The second-order valence-electron chi connectivity index (χ2n) is 7.25. The highest BCUT2D eigenvalue weighted by Crippen LogP contribution is 2.20. The van der Waals surface area contributed by atoms with Crippen LogP contribution >= 0.6 is 0 Å². The maximum Gasteiger partial charge on any atom is 0.258 e. The first-order chi connectivity index (χ1) is 14.0. The lowest BCUT2D eigenvalue weighted by molar-refractivity contribution is -0.131. The zero-order chi connectivity index (χ0) is 20.8. The SMILES string of the molecule is COc1ccccc1CC(C)N(C)C(=O)CCCc1nc2ccccc2c(=O)[nH]1. The zero-order valence-electron chi connectivity index (χ0n) is 17.1. The van der Waals surface area contributed by atoms with Crippen molar-refractivity contribution in [3.8, 4) is 5.75 Å². The van der Waals surface area contributed by atoms with E-state index in [1.165, 1.54) is 0 Å². The van der Waals surface area contributed by atoms with Gasteiger partial charge in [0, 0.05) is 25.9 Å². The molecule has 0 bridgehead atoms. The molecule has 1 aromatic heterocycles. The number of carbonyl (C=O) groups excluding carboxylic acids is 1. The Bertz CT molecular complexity index is 1040. The number of hydrogen-bond donors (Lipinski definition) is 1. The minimum absolute atomic E-state index is 0.0531. The van der Waals surface area contributed by atoms with Gasteiger partial charge in [0.25, 0.3) is 5.56 Å². The minimum Gasteiger partial charge on any atom is -0.496 e. The number of likely N-dealkylation sites (N-methyl/N-ethyl adjacent to an activating group) is 1. The summed E-state index contributed by atoms with van der Waals surface area (Å²) >= 11 is 0. The molecular weight excluding hydrogens is 366 g/mol. The van der Waals surface area contributed by atoms with Crippen LogP contribution in [0.1, 0.15) is 31.2 Å². The Morgan fingerprint density at radius 1 is 1.17 bits per heavy atom. The second-order valence-corrected chi connectivity index (χ2v) is 7.25. The fourth-order valence-electron chi connectivity index (χ4n) is 3.41. The number of ether oxygens (including phenoxy) is 1. The molecule has 1 heterocycles. The Morgan fingerprint density at radius 3 is 2.69 bits per heavy atom. The van der Waals surface area contributed by atoms with Gasteiger partial charge in [0.15, 0.2) is 0 Å². The molecule has 0 aliphatic heterocycles. The predicted molar refractivity (Wildman–Crippen MR) is 114 cm³/mol. The van der Waals surface area contributed by atoms with E-state index in [-0.39, 0.29) is 17.5 Å². The monoisotopic (exact) mass is 393 g/mol. The van der Waals surface area contributed by atoms with Crippen molar-refractivity contribution in [2.45, 2.75) is 38.6 Å². The van der Waals surface area contributed by atoms with Crippen molar-refractivity contribution in [3.63, 3.8) is 0 Å². The molecule has 2 aromatic carbocycles. The summed E-state index contributed by atoms with van der Waals surface area (Å²) < 4.78 is 5.40. The van der Waals surface area contributed by atoms with Crippen molar-refractivity contribution in [1.29, 1.82) is 0 Å². The molecule has 29 heavy (non-hydrogen) atoms. The number of hydrogen-bond acceptors (Lipinski definition) is 4. The van der Waals surface area contributed by atoms with E-state index in [2.05, 4.69) is 9.97 Å². The number of H-pyrrole nitrogens is 1. The third-order valence-electron chi connectivity index (χ3n) is 5.23. The van der Waals surface area contributed by atoms with Gasteiger partial charge in [-0.25, -0.2) is 4.98 Å². The Labute approximate surface area is 170 Å². The Hall–Kier alpha value is -3.15. The number of aryl methyl sites for hydroxylation is 1. The van der Waals surface area contributed by atoms with E-state index in [4.69, 9.17) is 4.74 Å². The number of para-hydroxylation sites is 2. The Kier molecular flexibility index (Phi) is 6.65. The predicted octanol–water partition coefficient (Wildman–Crippen LogP) is 3.34. The van der Waals surface area contributed by atoms with Gasteiger partial charge in [-0.2, -0.15) is 0 Å². The van der Waals surface area contributed by atoms with Gasteiger partial charge in [-0.1, -0.05) is 30.3 Å². The molecule has 1 N–H and O–H groups in total. The smallest absolute Gasteiger partial charge is 0.258 e. The van der Waals surface area contributed by atoms with Crippen LogP contribution in [-0.4, -0.2) is 41.0 Å². The lowest BCUT2D eigenvalue weighted by atomic mass is 10.0. The number of benzene rings is 2. The van der Waals surface area contributed by atoms with E-state index in [0.717, 1.165) is 17.7 Å². The van der Waals surface area contributed by atoms with E-state index in [1.54, 1.807) is 18.1 Å². The van der Waals surface area contributed by atoms with Crippen LogP contribution in [-0.2, 0) is 17.6 Å². The molecule has 6 nitrogen and oxygen atoms in total. The van der Waals surface area contributed by atoms with Crippen LogP contribution < -0.4 is 10.3 Å². The summed E-state index contributed by atoms with van der Waals surface area (Å²) in [5.41, 5.74) is 1.62. The molecule has 0 radical (unpaired) electrons. The van der Waals surface area contributed by atoms with E-state index in [0.29, 0.717) is 36.0 Å². The molecule has 0 aliphatic rings. The van der Waals surface area contributed by atoms with Crippen molar-refractivity contribution in [1.82, 2.24) is 14.9 Å². The molecule has 0 spiro atoms. The fourth-order valence-corrected chi connectivity index (χ4v) is 3.41. The molecular formula is C23H27N3O3. The average Bonchev–Trinajstić information content (AvgIpc) is 2.73. The van der Waals surface area contributed by atoms with Crippen LogP contribution in [0.4, 0.5) is 0 Å². The topological polar surface area (TPSA) is 75.3 Å². The van der Waals surface area contributed by atoms with Crippen molar-refractivity contribution in [3.05, 3.63) is 70.3 Å². The summed E-state index contributed by atoms with van der Waals surface area (Å²) in [6.07, 6.45) is 2.32. The van der Waals surface area contributed by atoms with Gasteiger partial charge in [0.2, 0.25) is 5.91 Å². The number of amides is 1. The van der Waals surface area contributed by atoms with Crippen molar-refractivity contribution >= 4 is 16.8 Å². The van der Waals surface area contributed by atoms with Gasteiger partial charge in [0.1, 0.15) is 11.6 Å². The quantitative estimate of drug-likeness (QED) is 0.637. The summed E-state index contributed by atoms with van der Waals surface area (Å²) in [5, 5.41) is 0.581. The third-order valence-corrected chi connectivity index (χ3v) is 5.23. The van der Waals surface area contributed by atoms with Crippen LogP contribution in [0.5, 0.6) is 5.75 Å². The first-order valence-electron chi connectivity index (χ1n) is 9.85. The van der Waals surface area contributed by atoms with Crippen molar-refractivity contribution in [2.24, 2.45) is 0 Å². The normalized spacial score (nSPS) is 12.0. The average molecular weight is 393 g/mol. The Morgan fingerprint density at radius 2 is 1.90 bits per heavy atom. The molecule has 0 saturated heterocycles. The summed E-state index contributed by atoms with van der Waals surface area (Å²) in [4.78, 5) is 33.8. The van der Waals surface area contributed by atoms with E-state index in [1.807, 2.05) is 56.4 Å². The third kappa shape index (κ3) is 5.02. The molecule has 3 aromatic rings. The molecule has 0 fully saturated rings. The minimum atomic E-state index is -0.139. The standard InChI is InChI=1S/C23H27N3O3/c1-16(15-17-9-4-7-12-20(17)29-3)26(2)22(27)14-8-13-21-24-19-11-6-5-10-18(19)23(28)25-21/h4-7,9-12,16H,8,13-15H2,1-3H3,(H,24,25,28). The maximum absolute atomic E-state index is 12.6. The van der Waals surface area contributed by atoms with Gasteiger partial charge >= 0.3 is 0 Å². The number of nitrogens with zero attached hydrogens (tertiary/aromatic N) is 2. The number of rotatable bonds is 8. The first-order valence-corrected chi connectivity index (χ1v) is 9.85. The van der Waals surface area contributed by atoms with Gasteiger partial charge in [-0.3, -0.25) is 9.59 Å². The highest BCUT2D eigenvalue weighted by molar-refractivity contribution is 5.77. The lowest BCUT2D eigenvalue weighted by Crippen LogP contribution is -2.36. The highest BCUT2D eigenvalue weighted by atomic mass is 16.5. The first kappa shape index (κ1) is 20.6. The number of carbonyl (C=O) groups is 1. The van der Waals surface area contributed by atoms with E-state index >= 15 is 0 Å². The second kappa shape index (κ2) is 9.37. The highest BCUT2D eigenvalue weighted by Gasteiger charge is 2.17. The number of methoxy groups -OCH3 is 1. The molecule has 0 aliphatic carbocycles. The summed E-state index contributed by atoms with van der Waals surface area (Å²) in [6.45, 7) is 2.03. The Balaban J connectivity index is 1.55. The van der Waals surface area contributed by atoms with Crippen molar-refractivity contribution in [2.75, 3.05) is 14.2 Å². The molecule has 6 heteroatoms. The van der Waals surface area contributed by atoms with Gasteiger partial charge < -0.3 is 14.6 Å². The summed E-state index contributed by atoms with van der Waals surface area (Å²) in [5.74, 6) is 1.54. The number of fused-ring (bicyclic) bond motifs is 1. The largest absolute Gasteiger partial charge is 0.496 e. The van der Waals surface area contributed by atoms with Crippen LogP contribution in [0.15, 0.2) is 53.3 Å². The number of aromatic nitrogens is 2. The molecule has 1 atom stereocenters. The lowest BCUT2D eigenvalue weighted by Gasteiger charge is -2.25. The molecule has 1 amide bonds. The molecule has 3 rings (SSSR count). The van der Waals surface area contributed by atoms with E-state index < -0.39 is 0 Å². The van der Waals surface area contributed by atoms with Crippen LogP contribution in [0.3, 0.4) is 0 Å².